The molecule has 0 aliphatic heterocycles. The second-order valence-corrected chi connectivity index (χ2v) is 6.47. The molecular weight excluding hydrogens is 298 g/mol. The van der Waals surface area contributed by atoms with Gasteiger partial charge in [-0.3, -0.25) is 0 Å². The van der Waals surface area contributed by atoms with E-state index in [1.807, 2.05) is 27.2 Å². The molecule has 0 heterocycles. The average molecular weight is 327 g/mol. The average Bonchev–Trinajstić information content (AvgIpc) is 2.39. The first-order chi connectivity index (χ1) is 10.7. The maximum absolute atomic E-state index is 11.7. The van der Waals surface area contributed by atoms with Crippen molar-refractivity contribution in [2.45, 2.75) is 38.2 Å². The molecule has 0 radical (unpaired) electrons. The maximum atomic E-state index is 11.7. The summed E-state index contributed by atoms with van der Waals surface area (Å²) in [5.41, 5.74) is 0. The zero-order valence-electron chi connectivity index (χ0n) is 14.4. The summed E-state index contributed by atoms with van der Waals surface area (Å²) in [5.74, 6) is -1.79. The van der Waals surface area contributed by atoms with Crippen LogP contribution in [0.25, 0.3) is 0 Å². The van der Waals surface area contributed by atoms with Gasteiger partial charge in [-0.25, -0.2) is 4.79 Å². The largest absolute Gasteiger partial charge is 0.550 e. The Bertz CT molecular complexity index is 410. The van der Waals surface area contributed by atoms with Gasteiger partial charge in [0, 0.05) is 25.1 Å². The van der Waals surface area contributed by atoms with Crippen LogP contribution in [0.3, 0.4) is 0 Å². The maximum Gasteiger partial charge on any atom is 0.331 e. The van der Waals surface area contributed by atoms with Gasteiger partial charge in [-0.2, -0.15) is 0 Å². The highest BCUT2D eigenvalue weighted by molar-refractivity contribution is 5.82. The highest BCUT2D eigenvalue weighted by Gasteiger charge is 2.21. The topological polar surface area (TPSA) is 86.7 Å². The number of carboxylic acids is 1. The van der Waals surface area contributed by atoms with Gasteiger partial charge in [0.2, 0.25) is 0 Å². The molecule has 0 aromatic carbocycles. The molecule has 6 heteroatoms. The number of quaternary nitrogens is 1. The quantitative estimate of drug-likeness (QED) is 0.184. The van der Waals surface area contributed by atoms with E-state index < -0.39 is 18.0 Å². The zero-order chi connectivity index (χ0) is 17.7. The third kappa shape index (κ3) is 15.0. The van der Waals surface area contributed by atoms with E-state index in [1.165, 1.54) is 6.08 Å². The van der Waals surface area contributed by atoms with Gasteiger partial charge < -0.3 is 24.2 Å². The molecule has 0 aliphatic rings. The molecule has 0 aromatic rings. The predicted octanol–water partition coefficient (Wildman–Crippen LogP) is 0.410. The number of allylic oxidation sites excluding steroid dienone is 3. The van der Waals surface area contributed by atoms with Crippen molar-refractivity contribution in [1.29, 1.82) is 0 Å². The van der Waals surface area contributed by atoms with Gasteiger partial charge in [-0.05, 0) is 19.3 Å². The van der Waals surface area contributed by atoms with Gasteiger partial charge in [0.15, 0.2) is 6.10 Å². The Morgan fingerprint density at radius 3 is 2.43 bits per heavy atom. The Hall–Kier alpha value is -1.66. The standard InChI is InChI=1S/C17H29NO5/c1-18(2,3)14-15(13-16(20)21)23-17(22)11-9-7-5-4-6-8-10-12-19/h5,7,9,11,15,19H,4,6,8,10,12-14H2,1-3H3. The number of hydrogen-bond donors (Lipinski definition) is 1. The Balaban J connectivity index is 4.22. The second kappa shape index (κ2) is 11.8. The molecule has 23 heavy (non-hydrogen) atoms. The summed E-state index contributed by atoms with van der Waals surface area (Å²) >= 11 is 0. The molecule has 0 aromatic heterocycles. The highest BCUT2D eigenvalue weighted by atomic mass is 16.5. The molecule has 132 valence electrons. The minimum Gasteiger partial charge on any atom is -0.550 e. The van der Waals surface area contributed by atoms with Crippen molar-refractivity contribution in [3.8, 4) is 0 Å². The minimum atomic E-state index is -1.23. The molecule has 1 N–H and O–H groups in total. The molecule has 0 fully saturated rings. The van der Waals surface area contributed by atoms with E-state index in [9.17, 15) is 14.7 Å². The first kappa shape index (κ1) is 21.3. The number of nitrogens with zero attached hydrogens (tertiary/aromatic N) is 1. The number of carbonyl (C=O) groups is 2. The number of aliphatic carboxylic acids is 1. The molecule has 6 nitrogen and oxygen atoms in total. The van der Waals surface area contributed by atoms with Crippen LogP contribution in [-0.4, -0.2) is 61.9 Å². The van der Waals surface area contributed by atoms with Crippen molar-refractivity contribution in [3.05, 3.63) is 24.3 Å². The molecule has 0 amide bonds. The second-order valence-electron chi connectivity index (χ2n) is 6.47. The smallest absolute Gasteiger partial charge is 0.331 e. The Morgan fingerprint density at radius 1 is 1.17 bits per heavy atom. The third-order valence-electron chi connectivity index (χ3n) is 2.94. The lowest BCUT2D eigenvalue weighted by Crippen LogP contribution is -2.45. The number of unbranched alkanes of at least 4 members (excludes halogenated alkanes) is 3. The van der Waals surface area contributed by atoms with Gasteiger partial charge in [0.25, 0.3) is 0 Å². The molecule has 1 atom stereocenters. The van der Waals surface area contributed by atoms with Crippen LogP contribution in [0.1, 0.15) is 32.1 Å². The zero-order valence-corrected chi connectivity index (χ0v) is 14.4. The summed E-state index contributed by atoms with van der Waals surface area (Å²) in [5, 5.41) is 19.4. The summed E-state index contributed by atoms with van der Waals surface area (Å²) in [6, 6.07) is 0. The van der Waals surface area contributed by atoms with Gasteiger partial charge in [0.05, 0.1) is 21.1 Å². The van der Waals surface area contributed by atoms with E-state index in [1.54, 1.807) is 12.2 Å². The van der Waals surface area contributed by atoms with E-state index >= 15 is 0 Å². The van der Waals surface area contributed by atoms with Gasteiger partial charge >= 0.3 is 5.97 Å². The van der Waals surface area contributed by atoms with Gasteiger partial charge in [-0.1, -0.05) is 24.6 Å². The number of aliphatic hydroxyl groups is 1. The SMILES string of the molecule is C[N+](C)(C)CC(CC(=O)[O-])OC(=O)C=CC=CCCCCCO. The molecule has 0 saturated carbocycles. The number of carboxylic acid groups (broad SMARTS) is 1. The first-order valence-electron chi connectivity index (χ1n) is 7.89. The summed E-state index contributed by atoms with van der Waals surface area (Å²) < 4.78 is 5.66. The summed E-state index contributed by atoms with van der Waals surface area (Å²) in [7, 11) is 5.68. The summed E-state index contributed by atoms with van der Waals surface area (Å²) in [6.07, 6.45) is 9.19. The number of aliphatic hydroxyl groups excluding tert-OH is 1. The van der Waals surface area contributed by atoms with Crippen molar-refractivity contribution in [2.24, 2.45) is 0 Å². The fraction of sp³-hybridized carbons (Fsp3) is 0.647. The monoisotopic (exact) mass is 327 g/mol. The van der Waals surface area contributed by atoms with Crippen LogP contribution in [0.15, 0.2) is 24.3 Å². The number of ether oxygens (including phenoxy) is 1. The van der Waals surface area contributed by atoms with E-state index in [4.69, 9.17) is 9.84 Å². The Labute approximate surface area is 138 Å². The lowest BCUT2D eigenvalue weighted by molar-refractivity contribution is -0.873. The predicted molar refractivity (Wildman–Crippen MR) is 86.2 cm³/mol. The number of carbonyl (C=O) groups excluding carboxylic acids is 2. The lowest BCUT2D eigenvalue weighted by Gasteiger charge is -2.28. The van der Waals surface area contributed by atoms with Gasteiger partial charge in [-0.15, -0.1) is 0 Å². The van der Waals surface area contributed by atoms with Crippen LogP contribution in [0, 0.1) is 0 Å². The summed E-state index contributed by atoms with van der Waals surface area (Å²) in [4.78, 5) is 22.4. The number of likely N-dealkylation sites (N-methyl/N-ethyl adjacent to an activating group) is 1. The Morgan fingerprint density at radius 2 is 1.87 bits per heavy atom. The first-order valence-corrected chi connectivity index (χ1v) is 7.89. The van der Waals surface area contributed by atoms with E-state index in [0.717, 1.165) is 25.7 Å². The minimum absolute atomic E-state index is 0.218. The van der Waals surface area contributed by atoms with E-state index in [-0.39, 0.29) is 13.0 Å². The van der Waals surface area contributed by atoms with Crippen molar-refractivity contribution >= 4 is 11.9 Å². The van der Waals surface area contributed by atoms with Crippen molar-refractivity contribution in [1.82, 2.24) is 0 Å². The molecule has 0 rings (SSSR count). The fourth-order valence-electron chi connectivity index (χ4n) is 2.00. The van der Waals surface area contributed by atoms with Crippen LogP contribution in [0.5, 0.6) is 0 Å². The lowest BCUT2D eigenvalue weighted by atomic mass is 10.2. The summed E-state index contributed by atoms with van der Waals surface area (Å²) in [6.45, 7) is 0.615. The van der Waals surface area contributed by atoms with Crippen LogP contribution in [0.2, 0.25) is 0 Å². The van der Waals surface area contributed by atoms with Crippen molar-refractivity contribution < 1.29 is 29.0 Å². The van der Waals surface area contributed by atoms with Gasteiger partial charge in [0.1, 0.15) is 6.54 Å². The van der Waals surface area contributed by atoms with E-state index in [2.05, 4.69) is 0 Å². The normalized spacial score (nSPS) is 13.6. The Kier molecular flexibility index (Phi) is 11.0. The van der Waals surface area contributed by atoms with E-state index in [0.29, 0.717) is 11.0 Å². The fourth-order valence-corrected chi connectivity index (χ4v) is 2.00. The van der Waals surface area contributed by atoms with Crippen molar-refractivity contribution in [2.75, 3.05) is 34.3 Å². The molecule has 0 saturated heterocycles. The van der Waals surface area contributed by atoms with Crippen LogP contribution in [0.4, 0.5) is 0 Å². The number of esters is 1. The highest BCUT2D eigenvalue weighted by Crippen LogP contribution is 2.05. The van der Waals surface area contributed by atoms with Crippen LogP contribution in [-0.2, 0) is 14.3 Å². The van der Waals surface area contributed by atoms with Crippen molar-refractivity contribution in [3.63, 3.8) is 0 Å². The molecule has 0 bridgehead atoms. The van der Waals surface area contributed by atoms with Crippen LogP contribution >= 0.6 is 0 Å². The molecule has 0 aliphatic carbocycles. The molecular formula is C17H29NO5. The number of hydrogen-bond acceptors (Lipinski definition) is 5. The third-order valence-corrected chi connectivity index (χ3v) is 2.94. The molecule has 0 spiro atoms. The number of rotatable bonds is 12. The molecule has 1 unspecified atom stereocenters. The van der Waals surface area contributed by atoms with Crippen LogP contribution < -0.4 is 5.11 Å².